The lowest BCUT2D eigenvalue weighted by molar-refractivity contribution is -0.276. The number of rotatable bonds is 12. The second-order valence-electron chi connectivity index (χ2n) is 14.7. The van der Waals surface area contributed by atoms with E-state index in [1.54, 1.807) is 12.4 Å². The van der Waals surface area contributed by atoms with Gasteiger partial charge < -0.3 is 34.9 Å². The van der Waals surface area contributed by atoms with E-state index in [2.05, 4.69) is 79.8 Å². The molecule has 3 heterocycles. The van der Waals surface area contributed by atoms with Gasteiger partial charge in [0.1, 0.15) is 11.5 Å². The maximum atomic E-state index is 12.8. The Labute approximate surface area is 339 Å². The highest BCUT2D eigenvalue weighted by atomic mass is 16.7. The number of hydrogen-bond acceptors (Lipinski definition) is 9. The minimum absolute atomic E-state index is 0.00650. The smallest absolute Gasteiger partial charge is 0.319 e. The maximum Gasteiger partial charge on any atom is 0.319 e. The van der Waals surface area contributed by atoms with Gasteiger partial charge in [0.25, 0.3) is 0 Å². The predicted molar refractivity (Wildman–Crippen MR) is 224 cm³/mol. The normalized spacial score (nSPS) is 19.7. The van der Waals surface area contributed by atoms with E-state index in [-0.39, 0.29) is 30.8 Å². The molecule has 2 amide bonds. The van der Waals surface area contributed by atoms with Crippen molar-refractivity contribution in [1.82, 2.24) is 20.2 Å². The van der Waals surface area contributed by atoms with Crippen LogP contribution in [0.2, 0.25) is 0 Å². The molecule has 11 nitrogen and oxygen atoms in total. The van der Waals surface area contributed by atoms with Crippen molar-refractivity contribution in [2.75, 3.05) is 42.9 Å². The van der Waals surface area contributed by atoms with E-state index in [9.17, 15) is 9.90 Å². The fraction of sp³-hybridized carbons (Fsp3) is 0.255. The monoisotopic (exact) mass is 776 g/mol. The highest BCUT2D eigenvalue weighted by Gasteiger charge is 2.39. The topological polar surface area (TPSA) is 121 Å². The summed E-state index contributed by atoms with van der Waals surface area (Å²) in [6.07, 6.45) is 2.69. The molecule has 6 aromatic rings. The van der Waals surface area contributed by atoms with E-state index in [1.165, 1.54) is 0 Å². The molecule has 2 saturated heterocycles. The van der Waals surface area contributed by atoms with Crippen LogP contribution in [0.1, 0.15) is 41.6 Å². The lowest BCUT2D eigenvalue weighted by Gasteiger charge is -2.44. The molecule has 4 atom stereocenters. The first-order chi connectivity index (χ1) is 28.5. The van der Waals surface area contributed by atoms with Crippen molar-refractivity contribution < 1.29 is 24.1 Å². The number of urea groups is 1. The fourth-order valence-corrected chi connectivity index (χ4v) is 7.48. The summed E-state index contributed by atoms with van der Waals surface area (Å²) in [6.45, 7) is 6.77. The molecule has 11 heteroatoms. The van der Waals surface area contributed by atoms with Crippen LogP contribution in [0.5, 0.6) is 11.5 Å². The number of aliphatic hydroxyl groups excluding tert-OH is 1. The molecule has 0 aliphatic carbocycles. The Morgan fingerprint density at radius 2 is 1.45 bits per heavy atom. The van der Waals surface area contributed by atoms with Gasteiger partial charge in [-0.2, -0.15) is 0 Å². The molecule has 2 aliphatic heterocycles. The van der Waals surface area contributed by atoms with Gasteiger partial charge in [-0.05, 0) is 82.4 Å². The second kappa shape index (κ2) is 18.4. The van der Waals surface area contributed by atoms with Crippen molar-refractivity contribution in [3.05, 3.63) is 168 Å². The number of amides is 2. The largest absolute Gasteiger partial charge is 0.457 e. The molecule has 0 spiro atoms. The van der Waals surface area contributed by atoms with Crippen LogP contribution in [0.25, 0.3) is 11.1 Å². The van der Waals surface area contributed by atoms with Crippen molar-refractivity contribution in [1.29, 1.82) is 0 Å². The SMILES string of the molecule is C[C@H]1[C@@H](CN2CCN(c3ncccn3)CC2)O[C@@H](c2cccc(-c3cccc(CNC(=O)Nc4ccc(Oc5ccccc5)cc4)c3)c2)O[C@H]1c1ccc(CO)cc1. The van der Waals surface area contributed by atoms with Gasteiger partial charge in [-0.25, -0.2) is 14.8 Å². The minimum Gasteiger partial charge on any atom is -0.457 e. The standard InChI is InChI=1S/C47H48N6O5/c1-33-43(31-52-24-26-53(27-25-52)46-48-22-7-23-49-46)57-45(58-44(33)36-16-14-34(32-54)15-17-36)39-11-6-10-38(29-39)37-9-5-8-35(28-37)30-50-47(55)51-40-18-20-42(21-19-40)56-41-12-3-2-4-13-41/h2-23,28-29,33,43-45,54H,24-27,30-32H2,1H3,(H2,50,51,55)/t33-,43+,44+,45+/m0/s1. The Bertz CT molecular complexity index is 2240. The molecule has 0 bridgehead atoms. The van der Waals surface area contributed by atoms with E-state index in [4.69, 9.17) is 14.2 Å². The van der Waals surface area contributed by atoms with E-state index in [1.807, 2.05) is 91.0 Å². The highest BCUT2D eigenvalue weighted by molar-refractivity contribution is 5.89. The van der Waals surface area contributed by atoms with Gasteiger partial charge in [-0.3, -0.25) is 4.90 Å². The number of aliphatic hydroxyl groups is 1. The van der Waals surface area contributed by atoms with E-state index >= 15 is 0 Å². The first-order valence-electron chi connectivity index (χ1n) is 19.8. The highest BCUT2D eigenvalue weighted by Crippen LogP contribution is 2.42. The molecule has 1 aromatic heterocycles. The quantitative estimate of drug-likeness (QED) is 0.113. The van der Waals surface area contributed by atoms with Gasteiger partial charge in [-0.15, -0.1) is 0 Å². The number of ether oxygens (including phenoxy) is 3. The third-order valence-corrected chi connectivity index (χ3v) is 10.7. The molecule has 0 saturated carbocycles. The molecule has 5 aromatic carbocycles. The number of anilines is 2. The molecule has 296 valence electrons. The number of hydrogen-bond donors (Lipinski definition) is 3. The number of piperazine rings is 1. The zero-order valence-corrected chi connectivity index (χ0v) is 32.5. The number of carbonyl (C=O) groups is 1. The van der Waals surface area contributed by atoms with Gasteiger partial charge >= 0.3 is 6.03 Å². The van der Waals surface area contributed by atoms with Crippen LogP contribution in [0.4, 0.5) is 16.4 Å². The number of benzene rings is 5. The van der Waals surface area contributed by atoms with Crippen LogP contribution >= 0.6 is 0 Å². The van der Waals surface area contributed by atoms with Crippen LogP contribution in [-0.4, -0.2) is 64.8 Å². The molecular formula is C47H48N6O5. The van der Waals surface area contributed by atoms with Crippen LogP contribution in [-0.2, 0) is 22.6 Å². The van der Waals surface area contributed by atoms with Crippen molar-refractivity contribution in [2.45, 2.75) is 38.6 Å². The number of aromatic nitrogens is 2. The van der Waals surface area contributed by atoms with E-state index in [0.717, 1.165) is 77.8 Å². The summed E-state index contributed by atoms with van der Waals surface area (Å²) in [5.74, 6) is 2.28. The van der Waals surface area contributed by atoms with Crippen LogP contribution in [0.3, 0.4) is 0 Å². The number of nitrogens with one attached hydrogen (secondary N) is 2. The molecular weight excluding hydrogens is 729 g/mol. The van der Waals surface area contributed by atoms with Gasteiger partial charge in [0.15, 0.2) is 6.29 Å². The summed E-state index contributed by atoms with van der Waals surface area (Å²) in [5.41, 5.74) is 6.53. The van der Waals surface area contributed by atoms with Crippen molar-refractivity contribution in [3.8, 4) is 22.6 Å². The first-order valence-corrected chi connectivity index (χ1v) is 19.8. The van der Waals surface area contributed by atoms with Gasteiger partial charge in [0.2, 0.25) is 5.95 Å². The Morgan fingerprint density at radius 3 is 2.19 bits per heavy atom. The van der Waals surface area contributed by atoms with Crippen molar-refractivity contribution in [2.24, 2.45) is 5.92 Å². The fourth-order valence-electron chi connectivity index (χ4n) is 7.48. The lowest BCUT2D eigenvalue weighted by atomic mass is 9.89. The molecule has 58 heavy (non-hydrogen) atoms. The first kappa shape index (κ1) is 38.7. The average Bonchev–Trinajstić information content (AvgIpc) is 3.28. The minimum atomic E-state index is -0.588. The van der Waals surface area contributed by atoms with Gasteiger partial charge in [0, 0.05) is 68.8 Å². The summed E-state index contributed by atoms with van der Waals surface area (Å²) in [5, 5.41) is 15.6. The maximum absolute atomic E-state index is 12.8. The zero-order chi connectivity index (χ0) is 39.7. The third-order valence-electron chi connectivity index (χ3n) is 10.7. The van der Waals surface area contributed by atoms with Gasteiger partial charge in [-0.1, -0.05) is 85.8 Å². The van der Waals surface area contributed by atoms with Crippen molar-refractivity contribution in [3.63, 3.8) is 0 Å². The Hall–Kier alpha value is -6.11. The van der Waals surface area contributed by atoms with Crippen LogP contribution in [0.15, 0.2) is 146 Å². The molecule has 2 aliphatic rings. The Morgan fingerprint density at radius 1 is 0.741 bits per heavy atom. The average molecular weight is 777 g/mol. The Kier molecular flexibility index (Phi) is 12.3. The van der Waals surface area contributed by atoms with E-state index in [0.29, 0.717) is 18.0 Å². The zero-order valence-electron chi connectivity index (χ0n) is 32.5. The molecule has 8 rings (SSSR count). The number of carbonyl (C=O) groups excluding carboxylic acids is 1. The second-order valence-corrected chi connectivity index (χ2v) is 14.7. The number of para-hydroxylation sites is 1. The van der Waals surface area contributed by atoms with Crippen molar-refractivity contribution >= 4 is 17.7 Å². The summed E-state index contributed by atoms with van der Waals surface area (Å²) < 4.78 is 19.5. The summed E-state index contributed by atoms with van der Waals surface area (Å²) in [4.78, 5) is 26.4. The molecule has 0 radical (unpaired) electrons. The van der Waals surface area contributed by atoms with Gasteiger partial charge in [0.05, 0.1) is 18.8 Å². The lowest BCUT2D eigenvalue weighted by Crippen LogP contribution is -2.51. The van der Waals surface area contributed by atoms with Crippen LogP contribution in [0, 0.1) is 5.92 Å². The number of nitrogens with zero attached hydrogens (tertiary/aromatic N) is 4. The summed E-state index contributed by atoms with van der Waals surface area (Å²) in [7, 11) is 0. The molecule has 3 N–H and O–H groups in total. The molecule has 2 fully saturated rings. The van der Waals surface area contributed by atoms with E-state index < -0.39 is 6.29 Å². The predicted octanol–water partition coefficient (Wildman–Crippen LogP) is 8.36. The Balaban J connectivity index is 0.926. The third kappa shape index (κ3) is 9.70. The summed E-state index contributed by atoms with van der Waals surface area (Å²) >= 11 is 0. The van der Waals surface area contributed by atoms with Crippen LogP contribution < -0.4 is 20.3 Å². The molecule has 0 unspecified atom stereocenters. The summed E-state index contributed by atoms with van der Waals surface area (Å²) in [6, 6.07) is 42.9.